The van der Waals surface area contributed by atoms with Gasteiger partial charge in [-0.15, -0.1) is 5.10 Å². The molecule has 1 rings (SSSR count). The third kappa shape index (κ3) is 3.53. The fraction of sp³-hybridized carbons (Fsp3) is 0.625. The monoisotopic (exact) mass is 197 g/mol. The van der Waals surface area contributed by atoms with Gasteiger partial charge in [0.1, 0.15) is 0 Å². The van der Waals surface area contributed by atoms with Gasteiger partial charge in [0, 0.05) is 12.5 Å². The quantitative estimate of drug-likeness (QED) is 0.712. The van der Waals surface area contributed by atoms with Gasteiger partial charge >= 0.3 is 0 Å². The highest BCUT2D eigenvalue weighted by Gasteiger charge is 2.13. The van der Waals surface area contributed by atoms with Crippen molar-refractivity contribution in [3.05, 3.63) is 6.20 Å². The standard InChI is InChI=1S/C8H15N5O/c1-6(14)11-7-4-10-13(12-7)5-8(2,3)9/h4H,5,9H2,1-3H3,(H,11,12,14). The summed E-state index contributed by atoms with van der Waals surface area (Å²) in [6.45, 7) is 5.70. The molecule has 6 heteroatoms. The highest BCUT2D eigenvalue weighted by Crippen LogP contribution is 2.03. The number of carbonyl (C=O) groups is 1. The van der Waals surface area contributed by atoms with E-state index >= 15 is 0 Å². The van der Waals surface area contributed by atoms with Gasteiger partial charge in [0.25, 0.3) is 0 Å². The molecule has 0 saturated carbocycles. The van der Waals surface area contributed by atoms with Crippen molar-refractivity contribution in [1.29, 1.82) is 0 Å². The maximum absolute atomic E-state index is 10.7. The van der Waals surface area contributed by atoms with E-state index in [0.717, 1.165) is 0 Å². The number of nitrogens with two attached hydrogens (primary N) is 1. The fourth-order valence-corrected chi connectivity index (χ4v) is 0.976. The zero-order valence-electron chi connectivity index (χ0n) is 8.61. The van der Waals surface area contributed by atoms with Gasteiger partial charge in [-0.25, -0.2) is 0 Å². The summed E-state index contributed by atoms with van der Waals surface area (Å²) in [7, 11) is 0. The number of hydrogen-bond donors (Lipinski definition) is 2. The van der Waals surface area contributed by atoms with Crippen LogP contribution < -0.4 is 11.1 Å². The Balaban J connectivity index is 2.64. The van der Waals surface area contributed by atoms with Gasteiger partial charge < -0.3 is 11.1 Å². The summed E-state index contributed by atoms with van der Waals surface area (Å²) in [5.41, 5.74) is 5.42. The predicted octanol–water partition coefficient (Wildman–Crippen LogP) is -0.0262. The van der Waals surface area contributed by atoms with Crippen LogP contribution in [0.5, 0.6) is 0 Å². The average molecular weight is 197 g/mol. The molecule has 6 nitrogen and oxygen atoms in total. The van der Waals surface area contributed by atoms with E-state index in [1.54, 1.807) is 0 Å². The molecule has 0 aromatic carbocycles. The molecule has 0 aliphatic heterocycles. The number of anilines is 1. The van der Waals surface area contributed by atoms with E-state index in [1.807, 2.05) is 13.8 Å². The van der Waals surface area contributed by atoms with E-state index < -0.39 is 0 Å². The van der Waals surface area contributed by atoms with Gasteiger partial charge in [-0.05, 0) is 13.8 Å². The molecule has 0 aliphatic rings. The van der Waals surface area contributed by atoms with Crippen molar-refractivity contribution in [3.63, 3.8) is 0 Å². The Kier molecular flexibility index (Phi) is 2.85. The third-order valence-electron chi connectivity index (χ3n) is 1.39. The highest BCUT2D eigenvalue weighted by atomic mass is 16.1. The van der Waals surface area contributed by atoms with Crippen molar-refractivity contribution < 1.29 is 4.79 Å². The third-order valence-corrected chi connectivity index (χ3v) is 1.39. The number of carbonyl (C=O) groups excluding carboxylic acids is 1. The van der Waals surface area contributed by atoms with Crippen molar-refractivity contribution in [2.24, 2.45) is 5.73 Å². The number of rotatable bonds is 3. The minimum Gasteiger partial charge on any atom is -0.324 e. The SMILES string of the molecule is CC(=O)Nc1cnn(CC(C)(C)N)n1. The molecule has 0 atom stereocenters. The van der Waals surface area contributed by atoms with Crippen LogP contribution in [0.2, 0.25) is 0 Å². The minimum atomic E-state index is -0.369. The Morgan fingerprint density at radius 2 is 2.36 bits per heavy atom. The molecule has 0 fully saturated rings. The highest BCUT2D eigenvalue weighted by molar-refractivity contribution is 5.87. The zero-order valence-corrected chi connectivity index (χ0v) is 8.61. The molecule has 1 amide bonds. The number of nitrogens with one attached hydrogen (secondary N) is 1. The first-order valence-corrected chi connectivity index (χ1v) is 4.33. The van der Waals surface area contributed by atoms with E-state index in [4.69, 9.17) is 5.73 Å². The Bertz CT molecular complexity index is 325. The van der Waals surface area contributed by atoms with E-state index in [0.29, 0.717) is 12.4 Å². The molecule has 0 aliphatic carbocycles. The van der Waals surface area contributed by atoms with Crippen LogP contribution in [0.3, 0.4) is 0 Å². The Hall–Kier alpha value is -1.43. The Labute approximate surface area is 82.5 Å². The summed E-state index contributed by atoms with van der Waals surface area (Å²) < 4.78 is 0. The lowest BCUT2D eigenvalue weighted by molar-refractivity contribution is -0.114. The predicted molar refractivity (Wildman–Crippen MR) is 52.6 cm³/mol. The lowest BCUT2D eigenvalue weighted by atomic mass is 10.1. The smallest absolute Gasteiger partial charge is 0.222 e. The molecule has 78 valence electrons. The Morgan fingerprint density at radius 3 is 2.86 bits per heavy atom. The largest absolute Gasteiger partial charge is 0.324 e. The van der Waals surface area contributed by atoms with Crippen LogP contribution in [-0.2, 0) is 11.3 Å². The van der Waals surface area contributed by atoms with Crippen LogP contribution in [0, 0.1) is 0 Å². The average Bonchev–Trinajstić information content (AvgIpc) is 2.30. The van der Waals surface area contributed by atoms with Crippen LogP contribution in [0.15, 0.2) is 6.20 Å². The van der Waals surface area contributed by atoms with Crippen LogP contribution in [0.1, 0.15) is 20.8 Å². The summed E-state index contributed by atoms with van der Waals surface area (Å²) in [6, 6.07) is 0. The first-order chi connectivity index (χ1) is 6.37. The van der Waals surface area contributed by atoms with Gasteiger partial charge in [0.15, 0.2) is 5.82 Å². The number of hydrogen-bond acceptors (Lipinski definition) is 4. The van der Waals surface area contributed by atoms with Crippen molar-refractivity contribution in [1.82, 2.24) is 15.0 Å². The lowest BCUT2D eigenvalue weighted by Gasteiger charge is -2.16. The molecule has 1 aromatic rings. The minimum absolute atomic E-state index is 0.163. The number of nitrogens with zero attached hydrogens (tertiary/aromatic N) is 3. The number of amides is 1. The maximum Gasteiger partial charge on any atom is 0.222 e. The van der Waals surface area contributed by atoms with Crippen LogP contribution >= 0.6 is 0 Å². The van der Waals surface area contributed by atoms with Gasteiger partial charge in [0.05, 0.1) is 12.7 Å². The topological polar surface area (TPSA) is 85.8 Å². The molecule has 1 aromatic heterocycles. The van der Waals surface area contributed by atoms with Crippen molar-refractivity contribution >= 4 is 11.7 Å². The zero-order chi connectivity index (χ0) is 10.8. The molecule has 1 heterocycles. The van der Waals surface area contributed by atoms with E-state index in [-0.39, 0.29) is 11.4 Å². The summed E-state index contributed by atoms with van der Waals surface area (Å²) >= 11 is 0. The molecule has 0 radical (unpaired) electrons. The summed E-state index contributed by atoms with van der Waals surface area (Å²) in [5.74, 6) is 0.283. The molecular formula is C8H15N5O. The summed E-state index contributed by atoms with van der Waals surface area (Å²) in [6.07, 6.45) is 1.49. The second-order valence-electron chi connectivity index (χ2n) is 3.93. The molecule has 0 unspecified atom stereocenters. The molecule has 3 N–H and O–H groups in total. The van der Waals surface area contributed by atoms with E-state index in [1.165, 1.54) is 17.9 Å². The first kappa shape index (κ1) is 10.6. The molecule has 0 saturated heterocycles. The maximum atomic E-state index is 10.7. The fourth-order valence-electron chi connectivity index (χ4n) is 0.976. The van der Waals surface area contributed by atoms with Gasteiger partial charge in [0.2, 0.25) is 5.91 Å². The Morgan fingerprint density at radius 1 is 1.71 bits per heavy atom. The van der Waals surface area contributed by atoms with E-state index in [9.17, 15) is 4.79 Å². The van der Waals surface area contributed by atoms with Crippen LogP contribution in [0.4, 0.5) is 5.82 Å². The van der Waals surface area contributed by atoms with Gasteiger partial charge in [-0.3, -0.25) is 4.79 Å². The summed E-state index contributed by atoms with van der Waals surface area (Å²) in [5, 5.41) is 10.5. The molecule has 0 bridgehead atoms. The van der Waals surface area contributed by atoms with E-state index in [2.05, 4.69) is 15.5 Å². The molecular weight excluding hydrogens is 182 g/mol. The molecule has 14 heavy (non-hydrogen) atoms. The second-order valence-corrected chi connectivity index (χ2v) is 3.93. The van der Waals surface area contributed by atoms with Gasteiger partial charge in [-0.2, -0.15) is 9.90 Å². The van der Waals surface area contributed by atoms with Crippen LogP contribution in [-0.4, -0.2) is 26.4 Å². The van der Waals surface area contributed by atoms with Gasteiger partial charge in [-0.1, -0.05) is 0 Å². The number of aromatic nitrogens is 3. The van der Waals surface area contributed by atoms with Crippen molar-refractivity contribution in [2.45, 2.75) is 32.9 Å². The van der Waals surface area contributed by atoms with Crippen molar-refractivity contribution in [3.8, 4) is 0 Å². The van der Waals surface area contributed by atoms with Crippen molar-refractivity contribution in [2.75, 3.05) is 5.32 Å². The summed E-state index contributed by atoms with van der Waals surface area (Å²) in [4.78, 5) is 12.2. The molecule has 0 spiro atoms. The first-order valence-electron chi connectivity index (χ1n) is 4.33. The normalized spacial score (nSPS) is 11.4. The van der Waals surface area contributed by atoms with Crippen LogP contribution in [0.25, 0.3) is 0 Å². The lowest BCUT2D eigenvalue weighted by Crippen LogP contribution is -2.37. The second kappa shape index (κ2) is 3.75.